The third kappa shape index (κ3) is 6.93. The maximum absolute atomic E-state index is 11.1. The van der Waals surface area contributed by atoms with Crippen molar-refractivity contribution in [2.45, 2.75) is 51.5 Å². The zero-order valence-corrected chi connectivity index (χ0v) is 26.2. The lowest BCUT2D eigenvalue weighted by Gasteiger charge is -2.64. The second-order valence-electron chi connectivity index (χ2n) is 13.6. The highest BCUT2D eigenvalue weighted by molar-refractivity contribution is 5.79. The van der Waals surface area contributed by atoms with Crippen molar-refractivity contribution in [1.82, 2.24) is 4.90 Å². The molecule has 3 heterocycles. The molecule has 1 aliphatic carbocycles. The van der Waals surface area contributed by atoms with Crippen LogP contribution in [0.2, 0.25) is 0 Å². The number of aromatic hydroxyl groups is 1. The van der Waals surface area contributed by atoms with Gasteiger partial charge < -0.3 is 36.5 Å². The van der Waals surface area contributed by atoms with Crippen molar-refractivity contribution < 1.29 is 14.4 Å². The number of nitrogens with two attached hydrogens (primary N) is 3. The van der Waals surface area contributed by atoms with Gasteiger partial charge in [0.1, 0.15) is 17.9 Å². The van der Waals surface area contributed by atoms with E-state index in [9.17, 15) is 9.90 Å². The monoisotopic (exact) mass is 600 g/mol. The molecule has 0 aromatic heterocycles. The van der Waals surface area contributed by atoms with E-state index in [1.807, 2.05) is 18.5 Å². The van der Waals surface area contributed by atoms with Gasteiger partial charge in [0, 0.05) is 55.5 Å². The number of carbonyl (C=O) groups excluding carboxylic acids is 1. The average molecular weight is 601 g/mol. The van der Waals surface area contributed by atoms with Gasteiger partial charge >= 0.3 is 0 Å². The van der Waals surface area contributed by atoms with Gasteiger partial charge in [-0.15, -0.1) is 0 Å². The summed E-state index contributed by atoms with van der Waals surface area (Å²) >= 11 is 0. The fourth-order valence-electron chi connectivity index (χ4n) is 8.21. The first kappa shape index (κ1) is 31.6. The number of hydrogen-bond donors (Lipinski definition) is 4. The molecule has 3 aliphatic heterocycles. The standard InChI is InChI=1S/C35H49N7O2/c1-3-25-7-6-12-41(32(34(37)38)16-31(36)30-8-4-5-9-33(30)44)21-29(15-25)40-20-28(19-39-2)27-10-13-42(14-11-27)23-35(24-42)17-26(18-35)22-43/h4-9,16,19-20,22,25-27,29H,2-3,10-15,17-18,21,23-24,36-38H2,1H3/p+1/b7-6-,28-19+,31-16-,40-20?. The number of rotatable bonds is 9. The van der Waals surface area contributed by atoms with Crippen molar-refractivity contribution in [1.29, 1.82) is 0 Å². The number of para-hydroxylation sites is 1. The molecule has 7 N–H and O–H groups in total. The van der Waals surface area contributed by atoms with E-state index in [1.165, 1.54) is 30.7 Å². The van der Waals surface area contributed by atoms with Crippen molar-refractivity contribution in [3.8, 4) is 5.75 Å². The van der Waals surface area contributed by atoms with E-state index in [4.69, 9.17) is 22.2 Å². The predicted octanol–water partition coefficient (Wildman–Crippen LogP) is 3.93. The number of nitrogens with zero attached hydrogens (tertiary/aromatic N) is 4. The molecule has 2 saturated heterocycles. The van der Waals surface area contributed by atoms with Crippen molar-refractivity contribution in [3.05, 3.63) is 71.3 Å². The topological polar surface area (TPSA) is 143 Å². The molecule has 4 aliphatic rings. The summed E-state index contributed by atoms with van der Waals surface area (Å²) in [6.45, 7) is 12.0. The van der Waals surface area contributed by atoms with Gasteiger partial charge in [-0.25, -0.2) is 0 Å². The van der Waals surface area contributed by atoms with Crippen LogP contribution in [0.5, 0.6) is 5.75 Å². The summed E-state index contributed by atoms with van der Waals surface area (Å²) in [5, 5.41) is 10.3. The minimum atomic E-state index is 0.00815. The van der Waals surface area contributed by atoms with E-state index in [0.717, 1.165) is 50.4 Å². The van der Waals surface area contributed by atoms with Gasteiger partial charge in [-0.1, -0.05) is 31.2 Å². The summed E-state index contributed by atoms with van der Waals surface area (Å²) in [6.07, 6.45) is 17.6. The van der Waals surface area contributed by atoms with Crippen LogP contribution in [0.1, 0.15) is 51.0 Å². The average Bonchev–Trinajstić information content (AvgIpc) is 2.96. The normalized spacial score (nSPS) is 33.2. The maximum atomic E-state index is 11.1. The highest BCUT2D eigenvalue weighted by Crippen LogP contribution is 2.55. The zero-order valence-electron chi connectivity index (χ0n) is 26.2. The first-order chi connectivity index (χ1) is 21.2. The molecule has 0 radical (unpaired) electrons. The molecule has 5 rings (SSSR count). The molecule has 236 valence electrons. The zero-order chi connectivity index (χ0) is 31.3. The Morgan fingerprint density at radius 1 is 1.18 bits per heavy atom. The minimum Gasteiger partial charge on any atom is -0.507 e. The quantitative estimate of drug-likeness (QED) is 0.111. The van der Waals surface area contributed by atoms with Gasteiger partial charge in [-0.3, -0.25) is 9.98 Å². The van der Waals surface area contributed by atoms with Gasteiger partial charge in [-0.05, 0) is 68.0 Å². The largest absolute Gasteiger partial charge is 0.507 e. The number of piperidine rings is 1. The van der Waals surface area contributed by atoms with Crippen molar-refractivity contribution >= 4 is 24.9 Å². The van der Waals surface area contributed by atoms with Crippen LogP contribution in [0.15, 0.2) is 75.8 Å². The summed E-state index contributed by atoms with van der Waals surface area (Å²) in [4.78, 5) is 22.6. The number of hydrogen-bond acceptors (Lipinski definition) is 8. The summed E-state index contributed by atoms with van der Waals surface area (Å²) in [5.41, 5.74) is 22.0. The molecule has 2 spiro atoms. The molecule has 9 heteroatoms. The van der Waals surface area contributed by atoms with E-state index in [0.29, 0.717) is 53.2 Å². The number of phenolic OH excluding ortho intramolecular Hbond substituents is 1. The fraction of sp³-hybridized carbons (Fsp3) is 0.514. The maximum Gasteiger partial charge on any atom is 0.124 e. The molecule has 9 nitrogen and oxygen atoms in total. The van der Waals surface area contributed by atoms with Gasteiger partial charge in [0.2, 0.25) is 0 Å². The van der Waals surface area contributed by atoms with Crippen molar-refractivity contribution in [2.24, 2.45) is 50.4 Å². The molecule has 3 fully saturated rings. The molecule has 1 aromatic carbocycles. The Balaban J connectivity index is 1.29. The van der Waals surface area contributed by atoms with Crippen LogP contribution < -0.4 is 17.2 Å². The van der Waals surface area contributed by atoms with Crippen LogP contribution in [0.4, 0.5) is 0 Å². The number of aldehydes is 1. The van der Waals surface area contributed by atoms with Crippen molar-refractivity contribution in [2.75, 3.05) is 39.3 Å². The van der Waals surface area contributed by atoms with E-state index < -0.39 is 0 Å². The SMILES string of the molecule is C=N/C=C(\C=NC1CC(CC)/C=C\CN(C(/C=C(\N)c2ccccc2O)=C(N)N)C1)C1CC[N+]2(CC1)CC1(CC(C=O)C1)C2. The number of quaternary nitrogens is 1. The predicted molar refractivity (Wildman–Crippen MR) is 178 cm³/mol. The van der Waals surface area contributed by atoms with Crippen molar-refractivity contribution in [3.63, 3.8) is 0 Å². The van der Waals surface area contributed by atoms with Gasteiger partial charge in [0.25, 0.3) is 0 Å². The molecule has 1 saturated carbocycles. The van der Waals surface area contributed by atoms with Crippen LogP contribution in [-0.4, -0.2) is 79.0 Å². The Kier molecular flexibility index (Phi) is 9.63. The molecule has 0 bridgehead atoms. The van der Waals surface area contributed by atoms with E-state index in [1.54, 1.807) is 24.3 Å². The van der Waals surface area contributed by atoms with E-state index in [2.05, 4.69) is 35.7 Å². The summed E-state index contributed by atoms with van der Waals surface area (Å²) in [7, 11) is 0. The third-order valence-corrected chi connectivity index (χ3v) is 10.4. The lowest BCUT2D eigenvalue weighted by atomic mass is 9.56. The highest BCUT2D eigenvalue weighted by Gasteiger charge is 2.62. The summed E-state index contributed by atoms with van der Waals surface area (Å²) in [5.74, 6) is 1.40. The molecule has 2 atom stereocenters. The smallest absolute Gasteiger partial charge is 0.124 e. The molecule has 1 aromatic rings. The lowest BCUT2D eigenvalue weighted by molar-refractivity contribution is -0.991. The lowest BCUT2D eigenvalue weighted by Crippen LogP contribution is -2.74. The Morgan fingerprint density at radius 3 is 2.55 bits per heavy atom. The van der Waals surface area contributed by atoms with E-state index >= 15 is 0 Å². The third-order valence-electron chi connectivity index (χ3n) is 10.4. The Bertz CT molecular complexity index is 1350. The van der Waals surface area contributed by atoms with Crippen LogP contribution >= 0.6 is 0 Å². The Morgan fingerprint density at radius 2 is 1.91 bits per heavy atom. The molecular weight excluding hydrogens is 550 g/mol. The molecule has 2 unspecified atom stereocenters. The highest BCUT2D eigenvalue weighted by atomic mass is 16.3. The molecule has 0 amide bonds. The summed E-state index contributed by atoms with van der Waals surface area (Å²) in [6, 6.07) is 6.97. The van der Waals surface area contributed by atoms with Gasteiger partial charge in [0.15, 0.2) is 0 Å². The second-order valence-corrected chi connectivity index (χ2v) is 13.6. The number of carbonyl (C=O) groups is 1. The summed E-state index contributed by atoms with van der Waals surface area (Å²) < 4.78 is 1.21. The number of allylic oxidation sites excluding steroid dienone is 3. The van der Waals surface area contributed by atoms with Gasteiger partial charge in [0.05, 0.1) is 43.3 Å². The number of phenols is 1. The first-order valence-electron chi connectivity index (χ1n) is 16.1. The molecular formula is C35H50N7O2+. The van der Waals surface area contributed by atoms with Gasteiger partial charge in [-0.2, -0.15) is 0 Å². The Labute approximate surface area is 262 Å². The Hall–Kier alpha value is -3.85. The second kappa shape index (κ2) is 13.4. The van der Waals surface area contributed by atoms with E-state index in [-0.39, 0.29) is 17.6 Å². The van der Waals surface area contributed by atoms with Crippen LogP contribution in [-0.2, 0) is 4.79 Å². The number of benzene rings is 1. The molecule has 44 heavy (non-hydrogen) atoms. The van der Waals surface area contributed by atoms with Crippen LogP contribution in [0.3, 0.4) is 0 Å². The minimum absolute atomic E-state index is 0.00815. The van der Waals surface area contributed by atoms with Crippen LogP contribution in [0, 0.1) is 23.2 Å². The fourth-order valence-corrected chi connectivity index (χ4v) is 8.21. The van der Waals surface area contributed by atoms with Crippen LogP contribution in [0.25, 0.3) is 5.70 Å². The number of aliphatic imine (C=N–C) groups is 2. The first-order valence-corrected chi connectivity index (χ1v) is 16.1.